The summed E-state index contributed by atoms with van der Waals surface area (Å²) in [5.74, 6) is 0. The monoisotopic (exact) mass is 525 g/mol. The molecule has 0 aliphatic carbocycles. The van der Waals surface area contributed by atoms with Gasteiger partial charge in [0.1, 0.15) is 0 Å². The van der Waals surface area contributed by atoms with Crippen LogP contribution in [0, 0.1) is 0 Å². The lowest BCUT2D eigenvalue weighted by molar-refractivity contribution is 1.18. The van der Waals surface area contributed by atoms with E-state index in [-0.39, 0.29) is 0 Å². The number of aromatic nitrogens is 1. The minimum Gasteiger partial charge on any atom is -0.309 e. The molecule has 9 aromatic rings. The van der Waals surface area contributed by atoms with Gasteiger partial charge in [0.05, 0.1) is 11.0 Å². The van der Waals surface area contributed by atoms with E-state index in [0.717, 1.165) is 0 Å². The predicted octanol–water partition coefficient (Wildman–Crippen LogP) is 11.1. The van der Waals surface area contributed by atoms with Crippen LogP contribution in [0.15, 0.2) is 140 Å². The van der Waals surface area contributed by atoms with E-state index < -0.39 is 0 Å². The standard InChI is InChI=1S/C38H23NS/c1-2-11-26(12-3-1)39-35-16-8-6-14-28(35)29-19-18-25(21-36(29)39)31-20-24-10-4-5-13-27(24)33-23-38-34(22-32(31)33)30-15-7-9-17-37(30)40-38/h1-23H. The van der Waals surface area contributed by atoms with E-state index >= 15 is 0 Å². The first-order valence-corrected chi connectivity index (χ1v) is 14.5. The van der Waals surface area contributed by atoms with Crippen LogP contribution in [0.4, 0.5) is 0 Å². The van der Waals surface area contributed by atoms with Gasteiger partial charge in [-0.3, -0.25) is 0 Å². The third-order valence-electron chi connectivity index (χ3n) is 8.36. The summed E-state index contributed by atoms with van der Waals surface area (Å²) in [6, 6.07) is 51.3. The van der Waals surface area contributed by atoms with Gasteiger partial charge in [0.15, 0.2) is 0 Å². The van der Waals surface area contributed by atoms with Gasteiger partial charge >= 0.3 is 0 Å². The number of benzene rings is 7. The molecular weight excluding hydrogens is 502 g/mol. The van der Waals surface area contributed by atoms with Crippen molar-refractivity contribution in [2.45, 2.75) is 0 Å². The summed E-state index contributed by atoms with van der Waals surface area (Å²) >= 11 is 1.89. The largest absolute Gasteiger partial charge is 0.309 e. The van der Waals surface area contributed by atoms with Gasteiger partial charge in [-0.25, -0.2) is 0 Å². The topological polar surface area (TPSA) is 4.93 Å². The van der Waals surface area contributed by atoms with Crippen molar-refractivity contribution in [1.29, 1.82) is 0 Å². The molecule has 0 saturated heterocycles. The molecule has 0 spiro atoms. The van der Waals surface area contributed by atoms with E-state index in [9.17, 15) is 0 Å². The van der Waals surface area contributed by atoms with E-state index in [0.29, 0.717) is 0 Å². The van der Waals surface area contributed by atoms with Gasteiger partial charge in [0.25, 0.3) is 0 Å². The van der Waals surface area contributed by atoms with Gasteiger partial charge in [0, 0.05) is 36.6 Å². The van der Waals surface area contributed by atoms with Gasteiger partial charge in [-0.1, -0.05) is 91.0 Å². The van der Waals surface area contributed by atoms with Crippen molar-refractivity contribution in [2.75, 3.05) is 0 Å². The van der Waals surface area contributed by atoms with Crippen LogP contribution in [-0.2, 0) is 0 Å². The SMILES string of the molecule is c1ccc(-n2c3ccccc3c3ccc(-c4cc5ccccc5c5cc6sc7ccccc7c6cc45)cc32)cc1. The third kappa shape index (κ3) is 3.08. The van der Waals surface area contributed by atoms with Crippen LogP contribution < -0.4 is 0 Å². The molecule has 0 bridgehead atoms. The van der Waals surface area contributed by atoms with Gasteiger partial charge in [-0.2, -0.15) is 0 Å². The number of rotatable bonds is 2. The molecule has 7 aromatic carbocycles. The van der Waals surface area contributed by atoms with Crippen LogP contribution in [0.25, 0.3) is 80.3 Å². The highest BCUT2D eigenvalue weighted by Crippen LogP contribution is 2.43. The quantitative estimate of drug-likeness (QED) is 0.198. The summed E-state index contributed by atoms with van der Waals surface area (Å²) in [6.07, 6.45) is 0. The molecule has 0 fully saturated rings. The number of thiophene rings is 1. The number of nitrogens with zero attached hydrogens (tertiary/aromatic N) is 1. The smallest absolute Gasteiger partial charge is 0.0547 e. The minimum absolute atomic E-state index is 1.18. The van der Waals surface area contributed by atoms with Crippen LogP contribution in [-0.4, -0.2) is 4.57 Å². The Kier molecular flexibility index (Phi) is 4.55. The Morgan fingerprint density at radius 1 is 0.400 bits per heavy atom. The molecule has 9 rings (SSSR count). The Bertz CT molecular complexity index is 2420. The maximum atomic E-state index is 2.43. The summed E-state index contributed by atoms with van der Waals surface area (Å²) < 4.78 is 5.09. The third-order valence-corrected chi connectivity index (χ3v) is 9.49. The first-order chi connectivity index (χ1) is 19.8. The normalized spacial score (nSPS) is 12.0. The Hall–Kier alpha value is -4.92. The zero-order valence-electron chi connectivity index (χ0n) is 21.6. The van der Waals surface area contributed by atoms with Crippen molar-refractivity contribution in [3.05, 3.63) is 140 Å². The second kappa shape index (κ2) is 8.29. The highest BCUT2D eigenvalue weighted by molar-refractivity contribution is 7.25. The minimum atomic E-state index is 1.18. The lowest BCUT2D eigenvalue weighted by Crippen LogP contribution is -1.93. The first kappa shape index (κ1) is 22.0. The van der Waals surface area contributed by atoms with E-state index in [1.165, 1.54) is 80.3 Å². The number of fused-ring (bicyclic) bond motifs is 9. The second-order valence-corrected chi connectivity index (χ2v) is 11.6. The molecule has 0 atom stereocenters. The average molecular weight is 526 g/mol. The van der Waals surface area contributed by atoms with E-state index in [1.54, 1.807) is 0 Å². The van der Waals surface area contributed by atoms with Crippen molar-refractivity contribution in [1.82, 2.24) is 4.57 Å². The lowest BCUT2D eigenvalue weighted by atomic mass is 9.92. The van der Waals surface area contributed by atoms with Crippen molar-refractivity contribution in [3.63, 3.8) is 0 Å². The molecule has 0 unspecified atom stereocenters. The Balaban J connectivity index is 1.41. The fourth-order valence-corrected chi connectivity index (χ4v) is 7.68. The molecule has 0 saturated carbocycles. The fourth-order valence-electron chi connectivity index (χ4n) is 6.55. The fraction of sp³-hybridized carbons (Fsp3) is 0. The molecular formula is C38H23NS. The predicted molar refractivity (Wildman–Crippen MR) is 174 cm³/mol. The van der Waals surface area contributed by atoms with Crippen LogP contribution in [0.5, 0.6) is 0 Å². The van der Waals surface area contributed by atoms with Gasteiger partial charge in [-0.05, 0) is 81.2 Å². The summed E-state index contributed by atoms with van der Waals surface area (Å²) in [5.41, 5.74) is 6.16. The summed E-state index contributed by atoms with van der Waals surface area (Å²) in [4.78, 5) is 0. The highest BCUT2D eigenvalue weighted by Gasteiger charge is 2.16. The molecule has 0 radical (unpaired) electrons. The van der Waals surface area contributed by atoms with E-state index in [4.69, 9.17) is 0 Å². The molecule has 0 amide bonds. The average Bonchev–Trinajstić information content (AvgIpc) is 3.55. The van der Waals surface area contributed by atoms with Gasteiger partial charge < -0.3 is 4.57 Å². The Morgan fingerprint density at radius 2 is 1.12 bits per heavy atom. The van der Waals surface area contributed by atoms with Gasteiger partial charge in [0.2, 0.25) is 0 Å². The molecule has 40 heavy (non-hydrogen) atoms. The van der Waals surface area contributed by atoms with E-state index in [2.05, 4.69) is 144 Å². The zero-order valence-corrected chi connectivity index (χ0v) is 22.5. The highest BCUT2D eigenvalue weighted by atomic mass is 32.1. The molecule has 2 heteroatoms. The number of hydrogen-bond donors (Lipinski definition) is 0. The van der Waals surface area contributed by atoms with Crippen molar-refractivity contribution >= 4 is 74.9 Å². The first-order valence-electron chi connectivity index (χ1n) is 13.7. The van der Waals surface area contributed by atoms with Crippen molar-refractivity contribution in [3.8, 4) is 16.8 Å². The second-order valence-electron chi connectivity index (χ2n) is 10.6. The summed E-state index contributed by atoms with van der Waals surface area (Å²) in [6.45, 7) is 0. The molecule has 0 N–H and O–H groups in total. The molecule has 2 aromatic heterocycles. The van der Waals surface area contributed by atoms with E-state index in [1.807, 2.05) is 11.3 Å². The molecule has 186 valence electrons. The molecule has 1 nitrogen and oxygen atoms in total. The zero-order chi connectivity index (χ0) is 26.2. The molecule has 2 heterocycles. The van der Waals surface area contributed by atoms with Gasteiger partial charge in [-0.15, -0.1) is 11.3 Å². The maximum Gasteiger partial charge on any atom is 0.0547 e. The van der Waals surface area contributed by atoms with Crippen molar-refractivity contribution < 1.29 is 0 Å². The van der Waals surface area contributed by atoms with Crippen LogP contribution >= 0.6 is 11.3 Å². The van der Waals surface area contributed by atoms with Crippen LogP contribution in [0.1, 0.15) is 0 Å². The molecule has 0 aliphatic heterocycles. The van der Waals surface area contributed by atoms with Crippen LogP contribution in [0.3, 0.4) is 0 Å². The maximum absolute atomic E-state index is 2.43. The summed E-state index contributed by atoms with van der Waals surface area (Å²) in [7, 11) is 0. The lowest BCUT2D eigenvalue weighted by Gasteiger charge is -2.13. The van der Waals surface area contributed by atoms with Crippen LogP contribution in [0.2, 0.25) is 0 Å². The van der Waals surface area contributed by atoms with Crippen molar-refractivity contribution in [2.24, 2.45) is 0 Å². The molecule has 0 aliphatic rings. The summed E-state index contributed by atoms with van der Waals surface area (Å²) in [5, 5.41) is 10.4. The Morgan fingerprint density at radius 3 is 2.02 bits per heavy atom. The Labute approximate surface area is 235 Å². The number of hydrogen-bond acceptors (Lipinski definition) is 1. The number of para-hydroxylation sites is 2.